The molecule has 3 N–H and O–H groups in total. The first kappa shape index (κ1) is 11.8. The van der Waals surface area contributed by atoms with Crippen LogP contribution in [0.15, 0.2) is 36.9 Å². The van der Waals surface area contributed by atoms with Crippen LogP contribution < -0.4 is 10.6 Å². The molecule has 2 aromatic rings. The maximum absolute atomic E-state index is 10.4. The molecule has 2 heterocycles. The molecular weight excluding hydrogens is 234 g/mol. The van der Waals surface area contributed by atoms with Crippen LogP contribution in [0.25, 0.3) is 0 Å². The average Bonchev–Trinajstić information content (AvgIpc) is 2.38. The summed E-state index contributed by atoms with van der Waals surface area (Å²) in [7, 11) is 0. The summed E-state index contributed by atoms with van der Waals surface area (Å²) in [4.78, 5) is 22.3. The second-order valence-electron chi connectivity index (χ2n) is 3.40. The number of anilines is 3. The van der Waals surface area contributed by atoms with Crippen molar-refractivity contribution >= 4 is 23.3 Å². The minimum Gasteiger partial charge on any atom is -0.480 e. The number of nitrogens with one attached hydrogen (secondary N) is 2. The lowest BCUT2D eigenvalue weighted by Crippen LogP contribution is -2.13. The van der Waals surface area contributed by atoms with Crippen molar-refractivity contribution in [3.8, 4) is 0 Å². The van der Waals surface area contributed by atoms with E-state index in [2.05, 4.69) is 25.6 Å². The molecule has 0 atom stereocenters. The summed E-state index contributed by atoms with van der Waals surface area (Å²) < 4.78 is 0. The molecule has 0 amide bonds. The molecule has 0 unspecified atom stereocenters. The highest BCUT2D eigenvalue weighted by Gasteiger charge is 2.01. The van der Waals surface area contributed by atoms with Crippen molar-refractivity contribution in [3.05, 3.63) is 36.9 Å². The normalized spacial score (nSPS) is 9.78. The van der Waals surface area contributed by atoms with E-state index in [1.807, 2.05) is 6.07 Å². The highest BCUT2D eigenvalue weighted by Crippen LogP contribution is 2.14. The number of hydrogen-bond acceptors (Lipinski definition) is 6. The number of carboxylic acid groups (broad SMARTS) is 1. The second-order valence-corrected chi connectivity index (χ2v) is 3.40. The summed E-state index contributed by atoms with van der Waals surface area (Å²) in [6.07, 6.45) is 4.68. The van der Waals surface area contributed by atoms with Crippen LogP contribution >= 0.6 is 0 Å². The average molecular weight is 245 g/mol. The first-order valence-corrected chi connectivity index (χ1v) is 5.19. The zero-order chi connectivity index (χ0) is 12.8. The van der Waals surface area contributed by atoms with Gasteiger partial charge in [-0.1, -0.05) is 0 Å². The topological polar surface area (TPSA) is 100 Å². The molecular formula is C11H11N5O2. The lowest BCUT2D eigenvalue weighted by molar-refractivity contribution is -0.134. The van der Waals surface area contributed by atoms with Crippen LogP contribution in [0, 0.1) is 0 Å². The van der Waals surface area contributed by atoms with Gasteiger partial charge in [-0.3, -0.25) is 9.78 Å². The summed E-state index contributed by atoms with van der Waals surface area (Å²) in [5.41, 5.74) is 0.792. The molecule has 18 heavy (non-hydrogen) atoms. The Morgan fingerprint density at radius 1 is 1.33 bits per heavy atom. The summed E-state index contributed by atoms with van der Waals surface area (Å²) in [5.74, 6) is 0.0556. The van der Waals surface area contributed by atoms with E-state index in [-0.39, 0.29) is 6.54 Å². The van der Waals surface area contributed by atoms with E-state index in [4.69, 9.17) is 5.11 Å². The summed E-state index contributed by atoms with van der Waals surface area (Å²) in [6, 6.07) is 5.27. The lowest BCUT2D eigenvalue weighted by atomic mass is 10.4. The summed E-state index contributed by atoms with van der Waals surface area (Å²) in [5, 5.41) is 14.2. The standard InChI is InChI=1S/C11H11N5O2/c17-11(18)6-13-9-4-10(15-7-14-9)16-8-2-1-3-12-5-8/h1-5,7H,6H2,(H,17,18)(H2,13,14,15,16). The van der Waals surface area contributed by atoms with Gasteiger partial charge < -0.3 is 15.7 Å². The smallest absolute Gasteiger partial charge is 0.322 e. The third-order valence-corrected chi connectivity index (χ3v) is 2.02. The van der Waals surface area contributed by atoms with Crippen molar-refractivity contribution in [1.82, 2.24) is 15.0 Å². The molecule has 0 bridgehead atoms. The third-order valence-electron chi connectivity index (χ3n) is 2.02. The molecule has 0 aromatic carbocycles. The number of pyridine rings is 1. The van der Waals surface area contributed by atoms with Gasteiger partial charge in [0.2, 0.25) is 0 Å². The van der Waals surface area contributed by atoms with Gasteiger partial charge in [-0.25, -0.2) is 9.97 Å². The van der Waals surface area contributed by atoms with Gasteiger partial charge in [0.25, 0.3) is 0 Å². The van der Waals surface area contributed by atoms with E-state index < -0.39 is 5.97 Å². The number of nitrogens with zero attached hydrogens (tertiary/aromatic N) is 3. The first-order valence-electron chi connectivity index (χ1n) is 5.19. The number of carboxylic acids is 1. The zero-order valence-electron chi connectivity index (χ0n) is 9.37. The molecule has 0 aliphatic heterocycles. The maximum Gasteiger partial charge on any atom is 0.322 e. The maximum atomic E-state index is 10.4. The van der Waals surface area contributed by atoms with E-state index in [1.54, 1.807) is 24.5 Å². The first-order chi connectivity index (χ1) is 8.74. The van der Waals surface area contributed by atoms with Crippen molar-refractivity contribution in [2.75, 3.05) is 17.2 Å². The second kappa shape index (κ2) is 5.58. The quantitative estimate of drug-likeness (QED) is 0.725. The molecule has 0 saturated heterocycles. The van der Waals surface area contributed by atoms with Crippen molar-refractivity contribution < 1.29 is 9.90 Å². The number of hydrogen-bond donors (Lipinski definition) is 3. The predicted molar refractivity (Wildman–Crippen MR) is 65.7 cm³/mol. The van der Waals surface area contributed by atoms with E-state index in [0.717, 1.165) is 5.69 Å². The Morgan fingerprint density at radius 3 is 2.89 bits per heavy atom. The number of rotatable bonds is 5. The highest BCUT2D eigenvalue weighted by atomic mass is 16.4. The lowest BCUT2D eigenvalue weighted by Gasteiger charge is -2.06. The minimum atomic E-state index is -0.949. The molecule has 2 aromatic heterocycles. The van der Waals surface area contributed by atoms with Crippen LogP contribution in [-0.2, 0) is 4.79 Å². The predicted octanol–water partition coefficient (Wildman–Crippen LogP) is 1.11. The van der Waals surface area contributed by atoms with E-state index in [9.17, 15) is 4.79 Å². The molecule has 7 heteroatoms. The molecule has 0 radical (unpaired) electrons. The van der Waals surface area contributed by atoms with Gasteiger partial charge in [0.15, 0.2) is 0 Å². The van der Waals surface area contributed by atoms with Gasteiger partial charge in [0, 0.05) is 12.3 Å². The van der Waals surface area contributed by atoms with Crippen molar-refractivity contribution in [1.29, 1.82) is 0 Å². The fourth-order valence-electron chi connectivity index (χ4n) is 1.27. The van der Waals surface area contributed by atoms with Gasteiger partial charge in [0.1, 0.15) is 24.5 Å². The monoisotopic (exact) mass is 245 g/mol. The number of aliphatic carboxylic acids is 1. The molecule has 7 nitrogen and oxygen atoms in total. The van der Waals surface area contributed by atoms with Gasteiger partial charge >= 0.3 is 5.97 Å². The van der Waals surface area contributed by atoms with E-state index >= 15 is 0 Å². The minimum absolute atomic E-state index is 0.191. The van der Waals surface area contributed by atoms with Crippen molar-refractivity contribution in [2.45, 2.75) is 0 Å². The van der Waals surface area contributed by atoms with Crippen LogP contribution in [0.2, 0.25) is 0 Å². The highest BCUT2D eigenvalue weighted by molar-refractivity contribution is 5.72. The van der Waals surface area contributed by atoms with E-state index in [0.29, 0.717) is 11.6 Å². The molecule has 0 aliphatic carbocycles. The Labute approximate surface area is 103 Å². The molecule has 0 aliphatic rings. The SMILES string of the molecule is O=C(O)CNc1cc(Nc2cccnc2)ncn1. The molecule has 2 rings (SSSR count). The van der Waals surface area contributed by atoms with Crippen LogP contribution in [0.4, 0.5) is 17.3 Å². The number of carbonyl (C=O) groups is 1. The Balaban J connectivity index is 2.05. The third kappa shape index (κ3) is 3.41. The fraction of sp³-hybridized carbons (Fsp3) is 0.0909. The fourth-order valence-corrected chi connectivity index (χ4v) is 1.27. The Hall–Kier alpha value is -2.70. The van der Waals surface area contributed by atoms with Gasteiger partial charge in [-0.05, 0) is 12.1 Å². The largest absolute Gasteiger partial charge is 0.480 e. The molecule has 0 spiro atoms. The zero-order valence-corrected chi connectivity index (χ0v) is 9.37. The van der Waals surface area contributed by atoms with Crippen molar-refractivity contribution in [3.63, 3.8) is 0 Å². The van der Waals surface area contributed by atoms with Crippen LogP contribution in [-0.4, -0.2) is 32.6 Å². The van der Waals surface area contributed by atoms with Crippen LogP contribution in [0.3, 0.4) is 0 Å². The van der Waals surface area contributed by atoms with Crippen molar-refractivity contribution in [2.24, 2.45) is 0 Å². The Kier molecular flexibility index (Phi) is 3.65. The Morgan fingerprint density at radius 2 is 2.17 bits per heavy atom. The van der Waals surface area contributed by atoms with Gasteiger partial charge in [0.05, 0.1) is 11.9 Å². The van der Waals surface area contributed by atoms with Crippen LogP contribution in [0.1, 0.15) is 0 Å². The molecule has 0 fully saturated rings. The number of aromatic nitrogens is 3. The van der Waals surface area contributed by atoms with E-state index in [1.165, 1.54) is 6.33 Å². The summed E-state index contributed by atoms with van der Waals surface area (Å²) in [6.45, 7) is -0.191. The Bertz CT molecular complexity index is 532. The van der Waals surface area contributed by atoms with Gasteiger partial charge in [-0.2, -0.15) is 0 Å². The molecule has 92 valence electrons. The van der Waals surface area contributed by atoms with Gasteiger partial charge in [-0.15, -0.1) is 0 Å². The summed E-state index contributed by atoms with van der Waals surface area (Å²) >= 11 is 0. The van der Waals surface area contributed by atoms with Crippen LogP contribution in [0.5, 0.6) is 0 Å². The molecule has 0 saturated carbocycles.